The largest absolute Gasteiger partial charge is 0.375 e. The van der Waals surface area contributed by atoms with Crippen molar-refractivity contribution in [3.63, 3.8) is 0 Å². The number of rotatable bonds is 5. The Kier molecular flexibility index (Phi) is 4.26. The molecule has 0 spiro atoms. The second-order valence-electron chi connectivity index (χ2n) is 5.69. The summed E-state index contributed by atoms with van der Waals surface area (Å²) < 4.78 is 0. The highest BCUT2D eigenvalue weighted by Crippen LogP contribution is 2.44. The Balaban J connectivity index is 2.03. The fraction of sp³-hybridized carbons (Fsp3) is 0.158. The Morgan fingerprint density at radius 2 is 1.96 bits per heavy atom. The summed E-state index contributed by atoms with van der Waals surface area (Å²) in [6.07, 6.45) is 1.23. The molecule has 1 N–H and O–H groups in total. The Hall–Kier alpha value is -2.43. The molecule has 0 fully saturated rings. The lowest BCUT2D eigenvalue weighted by Gasteiger charge is -2.22. The number of fused-ring (bicyclic) bond motifs is 1. The summed E-state index contributed by atoms with van der Waals surface area (Å²) in [5.74, 6) is -0.846. The third kappa shape index (κ3) is 2.64. The molecule has 0 radical (unpaired) electrons. The molecular weight excluding hydrogens is 326 g/mol. The van der Waals surface area contributed by atoms with Gasteiger partial charge >= 0.3 is 0 Å². The van der Waals surface area contributed by atoms with E-state index >= 15 is 0 Å². The smallest absolute Gasteiger partial charge is 0.264 e. The van der Waals surface area contributed by atoms with Crippen LogP contribution in [0.1, 0.15) is 22.3 Å². The van der Waals surface area contributed by atoms with Gasteiger partial charge in [0.15, 0.2) is 11.4 Å². The summed E-state index contributed by atoms with van der Waals surface area (Å²) in [6.45, 7) is 3.88. The minimum atomic E-state index is -1.92. The first-order valence-electron chi connectivity index (χ1n) is 7.51. The zero-order valence-electron chi connectivity index (χ0n) is 12.9. The molecule has 3 rings (SSSR count). The second-order valence-corrected chi connectivity index (χ2v) is 6.13. The van der Waals surface area contributed by atoms with Gasteiger partial charge in [0.2, 0.25) is 0 Å². The number of amides is 1. The number of hydrogen-bond donors (Lipinski definition) is 1. The van der Waals surface area contributed by atoms with Crippen LogP contribution < -0.4 is 4.90 Å². The van der Waals surface area contributed by atoms with E-state index < -0.39 is 11.5 Å². The standard InChI is InChI=1S/C19H16ClNO3/c1-2-10-21-16-9-8-14(20)11-15(16)19(24,18(21)23)12-17(22)13-6-4-3-5-7-13/h2-9,11,24H,1,10,12H2/t19-/m0/s1. The van der Waals surface area contributed by atoms with Crippen molar-refractivity contribution in [2.75, 3.05) is 11.4 Å². The quantitative estimate of drug-likeness (QED) is 0.670. The van der Waals surface area contributed by atoms with Crippen LogP contribution in [-0.2, 0) is 10.4 Å². The summed E-state index contributed by atoms with van der Waals surface area (Å²) in [7, 11) is 0. The topological polar surface area (TPSA) is 57.6 Å². The number of ketones is 1. The first kappa shape index (κ1) is 16.4. The molecule has 122 valence electrons. The number of benzene rings is 2. The molecule has 1 aliphatic rings. The highest BCUT2D eigenvalue weighted by atomic mass is 35.5. The number of halogens is 1. The van der Waals surface area contributed by atoms with E-state index in [0.29, 0.717) is 21.8 Å². The molecule has 0 unspecified atom stereocenters. The van der Waals surface area contributed by atoms with Crippen molar-refractivity contribution in [1.82, 2.24) is 0 Å². The summed E-state index contributed by atoms with van der Waals surface area (Å²) in [5, 5.41) is 11.5. The van der Waals surface area contributed by atoms with Crippen LogP contribution in [0.5, 0.6) is 0 Å². The van der Waals surface area contributed by atoms with Crippen molar-refractivity contribution in [3.8, 4) is 0 Å². The van der Waals surface area contributed by atoms with Gasteiger partial charge in [-0.15, -0.1) is 6.58 Å². The molecule has 0 aliphatic carbocycles. The molecule has 24 heavy (non-hydrogen) atoms. The minimum absolute atomic E-state index is 0.245. The van der Waals surface area contributed by atoms with Crippen LogP contribution in [0, 0.1) is 0 Å². The van der Waals surface area contributed by atoms with Gasteiger partial charge in [0.1, 0.15) is 0 Å². The van der Waals surface area contributed by atoms with Gasteiger partial charge in [0, 0.05) is 22.7 Å². The molecule has 2 aromatic rings. The van der Waals surface area contributed by atoms with Crippen LogP contribution in [0.2, 0.25) is 5.02 Å². The lowest BCUT2D eigenvalue weighted by molar-refractivity contribution is -0.135. The summed E-state index contributed by atoms with van der Waals surface area (Å²) in [4.78, 5) is 26.7. The van der Waals surface area contributed by atoms with Gasteiger partial charge in [-0.25, -0.2) is 0 Å². The predicted octanol–water partition coefficient (Wildman–Crippen LogP) is 3.33. The molecule has 0 saturated heterocycles. The summed E-state index contributed by atoms with van der Waals surface area (Å²) in [5.41, 5.74) is -0.570. The number of anilines is 1. The fourth-order valence-corrected chi connectivity index (χ4v) is 3.13. The lowest BCUT2D eigenvalue weighted by atomic mass is 9.88. The molecule has 2 aromatic carbocycles. The van der Waals surface area contributed by atoms with Crippen molar-refractivity contribution < 1.29 is 14.7 Å². The summed E-state index contributed by atoms with van der Waals surface area (Å²) in [6, 6.07) is 13.4. The van der Waals surface area contributed by atoms with Gasteiger partial charge in [0.05, 0.1) is 12.1 Å². The van der Waals surface area contributed by atoms with Gasteiger partial charge in [-0.05, 0) is 18.2 Å². The normalized spacial score (nSPS) is 19.2. The average molecular weight is 342 g/mol. The Morgan fingerprint density at radius 3 is 2.62 bits per heavy atom. The van der Waals surface area contributed by atoms with Crippen molar-refractivity contribution in [1.29, 1.82) is 0 Å². The zero-order chi connectivity index (χ0) is 17.3. The molecule has 1 aliphatic heterocycles. The predicted molar refractivity (Wildman–Crippen MR) is 93.3 cm³/mol. The minimum Gasteiger partial charge on any atom is -0.375 e. The van der Waals surface area contributed by atoms with Crippen LogP contribution in [0.25, 0.3) is 0 Å². The molecular formula is C19H16ClNO3. The maximum absolute atomic E-state index is 12.8. The molecule has 5 heteroatoms. The van der Waals surface area contributed by atoms with Gasteiger partial charge in [-0.2, -0.15) is 0 Å². The number of nitrogens with zero attached hydrogens (tertiary/aromatic N) is 1. The van der Waals surface area contributed by atoms with Crippen LogP contribution >= 0.6 is 11.6 Å². The van der Waals surface area contributed by atoms with Crippen LogP contribution in [-0.4, -0.2) is 23.3 Å². The molecule has 1 amide bonds. The van der Waals surface area contributed by atoms with E-state index in [1.54, 1.807) is 48.5 Å². The van der Waals surface area contributed by atoms with Crippen molar-refractivity contribution >= 4 is 29.0 Å². The summed E-state index contributed by atoms with van der Waals surface area (Å²) >= 11 is 6.03. The van der Waals surface area contributed by atoms with Gasteiger partial charge in [0.25, 0.3) is 5.91 Å². The maximum atomic E-state index is 12.8. The number of Topliss-reactive ketones (excluding diaryl/α,β-unsaturated/α-hetero) is 1. The van der Waals surface area contributed by atoms with Crippen molar-refractivity contribution in [3.05, 3.63) is 77.3 Å². The first-order chi connectivity index (χ1) is 11.5. The Labute approximate surface area is 145 Å². The zero-order valence-corrected chi connectivity index (χ0v) is 13.7. The number of carbonyl (C=O) groups excluding carboxylic acids is 2. The van der Waals surface area contributed by atoms with E-state index in [9.17, 15) is 14.7 Å². The molecule has 0 saturated carbocycles. The number of carbonyl (C=O) groups is 2. The third-order valence-corrected chi connectivity index (χ3v) is 4.35. The number of aliphatic hydroxyl groups is 1. The molecule has 0 aromatic heterocycles. The highest BCUT2D eigenvalue weighted by Gasteiger charge is 2.50. The SMILES string of the molecule is C=CCN1C(=O)[C@](O)(CC(=O)c2ccccc2)c2cc(Cl)ccc21. The highest BCUT2D eigenvalue weighted by molar-refractivity contribution is 6.31. The molecule has 1 heterocycles. The fourth-order valence-electron chi connectivity index (χ4n) is 2.96. The lowest BCUT2D eigenvalue weighted by Crippen LogP contribution is -2.41. The van der Waals surface area contributed by atoms with E-state index in [1.807, 2.05) is 0 Å². The molecule has 0 bridgehead atoms. The van der Waals surface area contributed by atoms with Gasteiger partial charge in [-0.1, -0.05) is 48.0 Å². The molecule has 1 atom stereocenters. The van der Waals surface area contributed by atoms with Crippen molar-refractivity contribution in [2.45, 2.75) is 12.0 Å². The van der Waals surface area contributed by atoms with Crippen LogP contribution in [0.15, 0.2) is 61.2 Å². The third-order valence-electron chi connectivity index (χ3n) is 4.12. The monoisotopic (exact) mass is 341 g/mol. The maximum Gasteiger partial charge on any atom is 0.264 e. The van der Waals surface area contributed by atoms with E-state index in [0.717, 1.165) is 0 Å². The number of hydrogen-bond acceptors (Lipinski definition) is 3. The van der Waals surface area contributed by atoms with E-state index in [2.05, 4.69) is 6.58 Å². The Bertz CT molecular complexity index is 819. The van der Waals surface area contributed by atoms with Gasteiger partial charge < -0.3 is 10.0 Å². The van der Waals surface area contributed by atoms with Crippen LogP contribution in [0.4, 0.5) is 5.69 Å². The van der Waals surface area contributed by atoms with Crippen molar-refractivity contribution in [2.24, 2.45) is 0 Å². The van der Waals surface area contributed by atoms with Crippen LogP contribution in [0.3, 0.4) is 0 Å². The molecule has 4 nitrogen and oxygen atoms in total. The average Bonchev–Trinajstić information content (AvgIpc) is 2.78. The Morgan fingerprint density at radius 1 is 1.25 bits per heavy atom. The first-order valence-corrected chi connectivity index (χ1v) is 7.88. The van der Waals surface area contributed by atoms with E-state index in [4.69, 9.17) is 11.6 Å². The van der Waals surface area contributed by atoms with Gasteiger partial charge in [-0.3, -0.25) is 9.59 Å². The van der Waals surface area contributed by atoms with E-state index in [-0.39, 0.29) is 18.7 Å². The second kappa shape index (κ2) is 6.23. The van der Waals surface area contributed by atoms with E-state index in [1.165, 1.54) is 11.0 Å².